The number of aromatic nitrogens is 2. The number of ether oxygens (including phenoxy) is 1. The quantitative estimate of drug-likeness (QED) is 0.650. The minimum absolute atomic E-state index is 0.226. The van der Waals surface area contributed by atoms with Gasteiger partial charge in [0.2, 0.25) is 0 Å². The van der Waals surface area contributed by atoms with Crippen molar-refractivity contribution in [2.24, 2.45) is 5.84 Å². The molecule has 0 spiro atoms. The van der Waals surface area contributed by atoms with Crippen LogP contribution < -0.4 is 20.9 Å². The third-order valence-electron chi connectivity index (χ3n) is 3.34. The molecule has 6 nitrogen and oxygen atoms in total. The first-order valence-corrected chi connectivity index (χ1v) is 6.78. The minimum Gasteiger partial charge on any atom is -0.495 e. The molecule has 0 fully saturated rings. The molecule has 0 saturated heterocycles. The number of hydrogen-bond acceptors (Lipinski definition) is 6. The Labute approximate surface area is 124 Å². The van der Waals surface area contributed by atoms with Crippen molar-refractivity contribution in [3.05, 3.63) is 36.2 Å². The zero-order chi connectivity index (χ0) is 15.4. The fourth-order valence-electron chi connectivity index (χ4n) is 2.32. The van der Waals surface area contributed by atoms with Crippen molar-refractivity contribution < 1.29 is 4.74 Å². The van der Waals surface area contributed by atoms with Crippen LogP contribution in [0.25, 0.3) is 0 Å². The molecule has 0 aliphatic carbocycles. The van der Waals surface area contributed by atoms with Gasteiger partial charge < -0.3 is 15.1 Å². The first kappa shape index (κ1) is 15.1. The molecule has 1 aromatic carbocycles. The number of hydrazine groups is 1. The maximum atomic E-state index is 5.57. The van der Waals surface area contributed by atoms with E-state index in [0.29, 0.717) is 5.82 Å². The van der Waals surface area contributed by atoms with Gasteiger partial charge in [0.25, 0.3) is 0 Å². The second-order valence-corrected chi connectivity index (χ2v) is 4.99. The van der Waals surface area contributed by atoms with Crippen LogP contribution in [0.1, 0.15) is 25.3 Å². The van der Waals surface area contributed by atoms with Gasteiger partial charge in [-0.05, 0) is 18.1 Å². The zero-order valence-corrected chi connectivity index (χ0v) is 12.8. The van der Waals surface area contributed by atoms with Gasteiger partial charge in [0, 0.05) is 12.6 Å². The summed E-state index contributed by atoms with van der Waals surface area (Å²) < 4.78 is 5.42. The maximum Gasteiger partial charge on any atom is 0.148 e. The average Bonchev–Trinajstić information content (AvgIpc) is 2.53. The topological polar surface area (TPSA) is 76.3 Å². The monoisotopic (exact) mass is 287 g/mol. The Balaban J connectivity index is 2.55. The molecule has 21 heavy (non-hydrogen) atoms. The van der Waals surface area contributed by atoms with Crippen LogP contribution in [0.4, 0.5) is 17.3 Å². The highest BCUT2D eigenvalue weighted by Gasteiger charge is 2.20. The van der Waals surface area contributed by atoms with E-state index in [1.807, 2.05) is 36.2 Å². The van der Waals surface area contributed by atoms with E-state index in [1.54, 1.807) is 7.11 Å². The first-order valence-electron chi connectivity index (χ1n) is 6.78. The fourth-order valence-corrected chi connectivity index (χ4v) is 2.32. The average molecular weight is 287 g/mol. The molecule has 112 valence electrons. The van der Waals surface area contributed by atoms with Crippen LogP contribution in [0.3, 0.4) is 0 Å². The zero-order valence-electron chi connectivity index (χ0n) is 12.8. The summed E-state index contributed by atoms with van der Waals surface area (Å²) in [6, 6.07) is 7.81. The van der Waals surface area contributed by atoms with E-state index in [9.17, 15) is 0 Å². The van der Waals surface area contributed by atoms with Gasteiger partial charge in [-0.3, -0.25) is 0 Å². The number of para-hydroxylation sites is 2. The first-order chi connectivity index (χ1) is 10.1. The van der Waals surface area contributed by atoms with Crippen molar-refractivity contribution in [1.82, 2.24) is 9.97 Å². The van der Waals surface area contributed by atoms with Crippen LogP contribution in [0.15, 0.2) is 30.6 Å². The van der Waals surface area contributed by atoms with Crippen LogP contribution in [0, 0.1) is 0 Å². The van der Waals surface area contributed by atoms with E-state index in [2.05, 4.69) is 29.2 Å². The van der Waals surface area contributed by atoms with Gasteiger partial charge in [-0.2, -0.15) is 0 Å². The lowest BCUT2D eigenvalue weighted by molar-refractivity contribution is 0.415. The third kappa shape index (κ3) is 2.90. The maximum absolute atomic E-state index is 5.57. The SMILES string of the molecule is COc1ccccc1N(C)c1ncnc(NN)c1C(C)C. The fraction of sp³-hybridized carbons (Fsp3) is 0.333. The predicted molar refractivity (Wildman–Crippen MR) is 85.0 cm³/mol. The second-order valence-electron chi connectivity index (χ2n) is 4.99. The standard InChI is InChI=1S/C15H21N5O/c1-10(2)13-14(19-16)17-9-18-15(13)20(3)11-7-5-6-8-12(11)21-4/h5-10H,16H2,1-4H3,(H,17,18,19). The summed E-state index contributed by atoms with van der Waals surface area (Å²) >= 11 is 0. The number of nitrogens with two attached hydrogens (primary N) is 1. The number of methoxy groups -OCH3 is 1. The van der Waals surface area contributed by atoms with Gasteiger partial charge in [0.05, 0.1) is 12.8 Å². The van der Waals surface area contributed by atoms with Gasteiger partial charge >= 0.3 is 0 Å². The summed E-state index contributed by atoms with van der Waals surface area (Å²) in [5.74, 6) is 8.02. The molecule has 0 saturated carbocycles. The number of nitrogen functional groups attached to an aromatic ring is 1. The molecule has 0 unspecified atom stereocenters. The largest absolute Gasteiger partial charge is 0.495 e. The molecule has 2 rings (SSSR count). The van der Waals surface area contributed by atoms with Crippen molar-refractivity contribution in [2.45, 2.75) is 19.8 Å². The Bertz CT molecular complexity index is 615. The Morgan fingerprint density at radius 2 is 1.95 bits per heavy atom. The smallest absolute Gasteiger partial charge is 0.148 e. The lowest BCUT2D eigenvalue weighted by Gasteiger charge is -2.25. The predicted octanol–water partition coefficient (Wildman–Crippen LogP) is 2.66. The summed E-state index contributed by atoms with van der Waals surface area (Å²) in [5.41, 5.74) is 4.54. The molecule has 2 aromatic rings. The molecule has 0 bridgehead atoms. The highest BCUT2D eigenvalue weighted by molar-refractivity contribution is 5.71. The number of rotatable bonds is 5. The summed E-state index contributed by atoms with van der Waals surface area (Å²) in [6.07, 6.45) is 1.50. The lowest BCUT2D eigenvalue weighted by atomic mass is 10.0. The van der Waals surface area contributed by atoms with Gasteiger partial charge in [0.15, 0.2) is 0 Å². The van der Waals surface area contributed by atoms with Gasteiger partial charge in [-0.15, -0.1) is 0 Å². The van der Waals surface area contributed by atoms with E-state index in [0.717, 1.165) is 22.8 Å². The van der Waals surface area contributed by atoms with Gasteiger partial charge in [-0.25, -0.2) is 15.8 Å². The van der Waals surface area contributed by atoms with E-state index in [1.165, 1.54) is 6.33 Å². The van der Waals surface area contributed by atoms with Gasteiger partial charge in [-0.1, -0.05) is 26.0 Å². The van der Waals surface area contributed by atoms with Crippen LogP contribution >= 0.6 is 0 Å². The summed E-state index contributed by atoms with van der Waals surface area (Å²) in [5, 5.41) is 0. The molecule has 0 amide bonds. The van der Waals surface area contributed by atoms with Crippen molar-refractivity contribution in [3.63, 3.8) is 0 Å². The number of hydrogen-bond donors (Lipinski definition) is 2. The Kier molecular flexibility index (Phi) is 4.59. The molecule has 0 aliphatic heterocycles. The van der Waals surface area contributed by atoms with Crippen LogP contribution in [-0.2, 0) is 0 Å². The Morgan fingerprint density at radius 3 is 2.57 bits per heavy atom. The Hall–Kier alpha value is -2.34. The molecular formula is C15H21N5O. The van der Waals surface area contributed by atoms with E-state index >= 15 is 0 Å². The number of nitrogens with zero attached hydrogens (tertiary/aromatic N) is 3. The summed E-state index contributed by atoms with van der Waals surface area (Å²) in [4.78, 5) is 10.6. The van der Waals surface area contributed by atoms with Crippen LogP contribution in [-0.4, -0.2) is 24.1 Å². The molecule has 0 radical (unpaired) electrons. The third-order valence-corrected chi connectivity index (χ3v) is 3.34. The molecule has 1 heterocycles. The minimum atomic E-state index is 0.226. The van der Waals surface area contributed by atoms with E-state index in [4.69, 9.17) is 10.6 Å². The van der Waals surface area contributed by atoms with Crippen molar-refractivity contribution >= 4 is 17.3 Å². The van der Waals surface area contributed by atoms with Crippen molar-refractivity contribution in [1.29, 1.82) is 0 Å². The molecular weight excluding hydrogens is 266 g/mol. The molecule has 0 atom stereocenters. The Morgan fingerprint density at radius 1 is 1.24 bits per heavy atom. The van der Waals surface area contributed by atoms with Crippen LogP contribution in [0.5, 0.6) is 5.75 Å². The molecule has 3 N–H and O–H groups in total. The van der Waals surface area contributed by atoms with E-state index in [-0.39, 0.29) is 5.92 Å². The normalized spacial score (nSPS) is 10.6. The number of anilines is 3. The second kappa shape index (κ2) is 6.41. The molecule has 6 heteroatoms. The van der Waals surface area contributed by atoms with E-state index < -0.39 is 0 Å². The highest BCUT2D eigenvalue weighted by Crippen LogP contribution is 2.36. The van der Waals surface area contributed by atoms with Crippen LogP contribution in [0.2, 0.25) is 0 Å². The van der Waals surface area contributed by atoms with Gasteiger partial charge in [0.1, 0.15) is 23.7 Å². The molecule has 1 aromatic heterocycles. The summed E-state index contributed by atoms with van der Waals surface area (Å²) in [7, 11) is 3.61. The van der Waals surface area contributed by atoms with Crippen molar-refractivity contribution in [3.8, 4) is 5.75 Å². The molecule has 0 aliphatic rings. The highest BCUT2D eigenvalue weighted by atomic mass is 16.5. The lowest BCUT2D eigenvalue weighted by Crippen LogP contribution is -2.19. The number of nitrogens with one attached hydrogen (secondary N) is 1. The van der Waals surface area contributed by atoms with Crippen molar-refractivity contribution in [2.75, 3.05) is 24.5 Å². The number of benzene rings is 1. The summed E-state index contributed by atoms with van der Waals surface area (Å²) in [6.45, 7) is 4.16.